The number of carbonyl (C=O) groups is 2. The van der Waals surface area contributed by atoms with E-state index in [1.807, 2.05) is 13.8 Å². The third-order valence-corrected chi connectivity index (χ3v) is 5.73. The van der Waals surface area contributed by atoms with Crippen molar-refractivity contribution in [1.82, 2.24) is 0 Å². The lowest BCUT2D eigenvalue weighted by Crippen LogP contribution is -2.46. The van der Waals surface area contributed by atoms with Crippen molar-refractivity contribution in [3.8, 4) is 11.5 Å². The van der Waals surface area contributed by atoms with Crippen LogP contribution in [0.25, 0.3) is 0 Å². The predicted octanol–water partition coefficient (Wildman–Crippen LogP) is 4.16. The van der Waals surface area contributed by atoms with Crippen LogP contribution in [0.15, 0.2) is 70.4 Å². The van der Waals surface area contributed by atoms with Gasteiger partial charge >= 0.3 is 0 Å². The Morgan fingerprint density at radius 2 is 1.94 bits per heavy atom. The quantitative estimate of drug-likeness (QED) is 0.571. The number of ketones is 1. The highest BCUT2D eigenvalue weighted by atomic mass is 16.7. The molecular weight excluding hydrogens is 424 g/mol. The number of furan rings is 1. The topological polar surface area (TPSA) is 99.4 Å². The number of rotatable bonds is 6. The van der Waals surface area contributed by atoms with Crippen LogP contribution in [0, 0.1) is 5.92 Å². The molecule has 5 rings (SSSR count). The molecule has 2 atom stereocenters. The summed E-state index contributed by atoms with van der Waals surface area (Å²) in [5, 5.41) is 7.09. The Morgan fingerprint density at radius 3 is 2.67 bits per heavy atom. The molecule has 1 aromatic heterocycles. The van der Waals surface area contributed by atoms with Gasteiger partial charge in [0.2, 0.25) is 5.78 Å². The second-order valence-electron chi connectivity index (χ2n) is 8.11. The van der Waals surface area contributed by atoms with E-state index in [4.69, 9.17) is 18.7 Å². The number of carbonyl (C=O) groups excluding carboxylic acids is 2. The fourth-order valence-electron chi connectivity index (χ4n) is 4.32. The minimum atomic E-state index is -1.64. The van der Waals surface area contributed by atoms with Crippen molar-refractivity contribution in [1.29, 1.82) is 0 Å². The smallest absolute Gasteiger partial charge is 0.277 e. The molecule has 0 radical (unpaired) electrons. The Hall–Kier alpha value is -4.07. The summed E-state index contributed by atoms with van der Waals surface area (Å²) in [7, 11) is 1.53. The summed E-state index contributed by atoms with van der Waals surface area (Å²) >= 11 is 0. The fraction of sp³-hybridized carbons (Fsp3) is 0.240. The van der Waals surface area contributed by atoms with Gasteiger partial charge in [-0.15, -0.1) is 0 Å². The zero-order chi connectivity index (χ0) is 23.2. The van der Waals surface area contributed by atoms with E-state index in [1.54, 1.807) is 54.6 Å². The van der Waals surface area contributed by atoms with Crippen molar-refractivity contribution in [3.05, 3.63) is 77.7 Å². The SMILES string of the molecule is COc1cc(C2=NOC3(C(=O)Nc4ccccc43)C2C(=O)c2ccco2)ccc1OC(C)C. The number of hydrogen-bond donors (Lipinski definition) is 1. The molecule has 0 fully saturated rings. The molecule has 1 N–H and O–H groups in total. The minimum absolute atomic E-state index is 0.0489. The van der Waals surface area contributed by atoms with Crippen molar-refractivity contribution in [3.63, 3.8) is 0 Å². The molecule has 1 amide bonds. The normalized spacial score (nSPS) is 20.9. The van der Waals surface area contributed by atoms with Crippen LogP contribution in [-0.4, -0.2) is 30.6 Å². The van der Waals surface area contributed by atoms with Crippen LogP contribution in [-0.2, 0) is 15.2 Å². The summed E-state index contributed by atoms with van der Waals surface area (Å²) < 4.78 is 16.7. The molecule has 0 saturated heterocycles. The van der Waals surface area contributed by atoms with Crippen LogP contribution in [0.3, 0.4) is 0 Å². The van der Waals surface area contributed by atoms with E-state index in [0.29, 0.717) is 34.0 Å². The zero-order valence-corrected chi connectivity index (χ0v) is 18.3. The molecule has 2 aliphatic rings. The van der Waals surface area contributed by atoms with Crippen molar-refractivity contribution in [2.24, 2.45) is 11.1 Å². The molecule has 8 heteroatoms. The number of hydrogen-bond acceptors (Lipinski definition) is 7. The highest BCUT2D eigenvalue weighted by Gasteiger charge is 2.63. The number of anilines is 1. The maximum absolute atomic E-state index is 13.7. The van der Waals surface area contributed by atoms with Crippen LogP contribution >= 0.6 is 0 Å². The summed E-state index contributed by atoms with van der Waals surface area (Å²) in [6.07, 6.45) is 1.36. The van der Waals surface area contributed by atoms with Crippen molar-refractivity contribution >= 4 is 23.1 Å². The number of fused-ring (bicyclic) bond motifs is 2. The van der Waals surface area contributed by atoms with Crippen LogP contribution in [0.5, 0.6) is 11.5 Å². The summed E-state index contributed by atoms with van der Waals surface area (Å²) in [6, 6.07) is 15.5. The Bertz CT molecular complexity index is 1260. The Kier molecular flexibility index (Phi) is 4.92. The van der Waals surface area contributed by atoms with Crippen LogP contribution in [0.1, 0.15) is 35.5 Å². The van der Waals surface area contributed by atoms with Crippen LogP contribution < -0.4 is 14.8 Å². The first-order valence-corrected chi connectivity index (χ1v) is 10.6. The third kappa shape index (κ3) is 3.17. The average Bonchev–Trinajstić information content (AvgIpc) is 3.53. The molecule has 8 nitrogen and oxygen atoms in total. The molecule has 3 heterocycles. The Labute approximate surface area is 190 Å². The van der Waals surface area contributed by atoms with Crippen LogP contribution in [0.2, 0.25) is 0 Å². The van der Waals surface area contributed by atoms with Gasteiger partial charge in [-0.3, -0.25) is 9.59 Å². The van der Waals surface area contributed by atoms with Gasteiger partial charge < -0.3 is 24.0 Å². The standard InChI is InChI=1S/C25H22N2O6/c1-14(2)32-18-11-10-15(13-20(18)30-3)22-21(23(28)19-9-6-12-31-19)25(33-27-22)16-7-4-5-8-17(16)26-24(25)29/h4-14,21H,1-3H3,(H,26,29). The number of benzene rings is 2. The number of ether oxygens (including phenoxy) is 2. The number of amides is 1. The van der Waals surface area contributed by atoms with E-state index in [9.17, 15) is 9.59 Å². The van der Waals surface area contributed by atoms with E-state index in [1.165, 1.54) is 13.4 Å². The van der Waals surface area contributed by atoms with Gasteiger partial charge in [0.15, 0.2) is 17.3 Å². The van der Waals surface area contributed by atoms with Crippen molar-refractivity contribution in [2.75, 3.05) is 12.4 Å². The van der Waals surface area contributed by atoms with Gasteiger partial charge in [0.25, 0.3) is 11.5 Å². The van der Waals surface area contributed by atoms with Crippen molar-refractivity contribution in [2.45, 2.75) is 25.6 Å². The van der Waals surface area contributed by atoms with Gasteiger partial charge in [-0.05, 0) is 50.2 Å². The molecule has 0 saturated carbocycles. The Morgan fingerprint density at radius 1 is 1.12 bits per heavy atom. The molecule has 2 aromatic carbocycles. The molecular formula is C25H22N2O6. The highest BCUT2D eigenvalue weighted by Crippen LogP contribution is 2.50. The van der Waals surface area contributed by atoms with Crippen molar-refractivity contribution < 1.29 is 28.3 Å². The number of methoxy groups -OCH3 is 1. The molecule has 0 bridgehead atoms. The second kappa shape index (κ2) is 7.81. The minimum Gasteiger partial charge on any atom is -0.493 e. The number of nitrogens with zero attached hydrogens (tertiary/aromatic N) is 1. The van der Waals surface area contributed by atoms with Gasteiger partial charge in [0.1, 0.15) is 11.6 Å². The number of nitrogens with one attached hydrogen (secondary N) is 1. The second-order valence-corrected chi connectivity index (χ2v) is 8.11. The summed E-state index contributed by atoms with van der Waals surface area (Å²) in [5.41, 5.74) is 0.357. The molecule has 0 aliphatic carbocycles. The molecule has 168 valence electrons. The lowest BCUT2D eigenvalue weighted by Gasteiger charge is -2.26. The third-order valence-electron chi connectivity index (χ3n) is 5.73. The average molecular weight is 446 g/mol. The molecule has 2 aliphatic heterocycles. The van der Waals surface area contributed by atoms with Gasteiger partial charge in [0, 0.05) is 16.8 Å². The summed E-state index contributed by atoms with van der Waals surface area (Å²) in [4.78, 5) is 32.8. The van der Waals surface area contributed by atoms with E-state index < -0.39 is 23.2 Å². The fourth-order valence-corrected chi connectivity index (χ4v) is 4.32. The number of oxime groups is 1. The Balaban J connectivity index is 1.64. The van der Waals surface area contributed by atoms with Crippen LogP contribution in [0.4, 0.5) is 5.69 Å². The van der Waals surface area contributed by atoms with E-state index in [2.05, 4.69) is 10.5 Å². The first-order chi connectivity index (χ1) is 16.0. The first kappa shape index (κ1) is 20.8. The summed E-state index contributed by atoms with van der Waals surface area (Å²) in [6.45, 7) is 3.83. The lowest BCUT2D eigenvalue weighted by molar-refractivity contribution is -0.140. The molecule has 33 heavy (non-hydrogen) atoms. The summed E-state index contributed by atoms with van der Waals surface area (Å²) in [5.74, 6) is -0.798. The van der Waals surface area contributed by atoms with Gasteiger partial charge in [-0.2, -0.15) is 0 Å². The van der Waals surface area contributed by atoms with Gasteiger partial charge in [-0.25, -0.2) is 0 Å². The lowest BCUT2D eigenvalue weighted by atomic mass is 9.75. The first-order valence-electron chi connectivity index (χ1n) is 10.6. The monoisotopic (exact) mass is 446 g/mol. The largest absolute Gasteiger partial charge is 0.493 e. The predicted molar refractivity (Wildman–Crippen MR) is 120 cm³/mol. The van der Waals surface area contributed by atoms with E-state index in [0.717, 1.165) is 0 Å². The molecule has 1 spiro atoms. The maximum Gasteiger partial charge on any atom is 0.277 e. The molecule has 3 aromatic rings. The zero-order valence-electron chi connectivity index (χ0n) is 18.3. The number of Topliss-reactive ketones (excluding diaryl/α,β-unsaturated/α-hetero) is 1. The maximum atomic E-state index is 13.7. The molecule has 2 unspecified atom stereocenters. The highest BCUT2D eigenvalue weighted by molar-refractivity contribution is 6.24. The van der Waals surface area contributed by atoms with Gasteiger partial charge in [0.05, 0.1) is 19.5 Å². The number of para-hydroxylation sites is 1. The van der Waals surface area contributed by atoms with Gasteiger partial charge in [-0.1, -0.05) is 23.4 Å². The van der Waals surface area contributed by atoms with E-state index >= 15 is 0 Å². The van der Waals surface area contributed by atoms with E-state index in [-0.39, 0.29) is 11.9 Å².